The highest BCUT2D eigenvalue weighted by Crippen LogP contribution is 2.52. The molecule has 36 heavy (non-hydrogen) atoms. The lowest BCUT2D eigenvalue weighted by Gasteiger charge is -2.46. The Kier molecular flexibility index (Phi) is 5.46. The average Bonchev–Trinajstić information content (AvgIpc) is 2.92. The molecule has 3 aliphatic rings. The standard InChI is InChI=1S/C30H44N2O4/c1-27(2,3)36-25(33)31-24-10-9-21(17-23(24)20-11-13-28(4,5)14-12-20)22-18-29(6)15-16-30(7,19-22)32(29)26(34)35-8/h9-10,17-18,20H,11-16,19H2,1-8H3,(H,31,33)/i11D,15D,16D,20D. The van der Waals surface area contributed by atoms with Crippen LogP contribution < -0.4 is 5.32 Å². The van der Waals surface area contributed by atoms with Gasteiger partial charge in [-0.1, -0.05) is 26.0 Å². The Morgan fingerprint density at radius 3 is 2.50 bits per heavy atom. The van der Waals surface area contributed by atoms with E-state index in [0.717, 1.165) is 17.6 Å². The molecule has 6 unspecified atom stereocenters. The molecule has 2 amide bonds. The molecule has 4 rings (SSSR count). The molecule has 2 aliphatic heterocycles. The quantitative estimate of drug-likeness (QED) is 0.458. The molecule has 2 fully saturated rings. The summed E-state index contributed by atoms with van der Waals surface area (Å²) in [7, 11) is 1.31. The topological polar surface area (TPSA) is 67.9 Å². The van der Waals surface area contributed by atoms with Crippen molar-refractivity contribution in [3.63, 3.8) is 0 Å². The highest BCUT2D eigenvalue weighted by Gasteiger charge is 2.55. The molecule has 0 spiro atoms. The zero-order chi connectivity index (χ0) is 30.1. The van der Waals surface area contributed by atoms with Crippen molar-refractivity contribution in [2.45, 2.75) is 116 Å². The van der Waals surface area contributed by atoms with Gasteiger partial charge in [-0.2, -0.15) is 0 Å². The van der Waals surface area contributed by atoms with Gasteiger partial charge in [-0.3, -0.25) is 10.2 Å². The second kappa shape index (κ2) is 9.11. The molecule has 6 nitrogen and oxygen atoms in total. The third kappa shape index (κ3) is 5.28. The van der Waals surface area contributed by atoms with Crippen LogP contribution in [0.2, 0.25) is 0 Å². The fourth-order valence-corrected chi connectivity index (χ4v) is 5.62. The molecule has 1 saturated carbocycles. The van der Waals surface area contributed by atoms with Crippen molar-refractivity contribution in [1.82, 2.24) is 4.90 Å². The van der Waals surface area contributed by atoms with Gasteiger partial charge in [0.05, 0.1) is 12.6 Å². The molecule has 198 valence electrons. The first-order valence-corrected chi connectivity index (χ1v) is 12.8. The Balaban J connectivity index is 1.82. The molecule has 6 atom stereocenters. The van der Waals surface area contributed by atoms with Crippen LogP contribution >= 0.6 is 0 Å². The minimum absolute atomic E-state index is 0.0504. The van der Waals surface area contributed by atoms with Crippen molar-refractivity contribution in [2.75, 3.05) is 12.4 Å². The number of hydrogen-bond acceptors (Lipinski definition) is 4. The van der Waals surface area contributed by atoms with Gasteiger partial charge in [0, 0.05) is 16.7 Å². The molecule has 1 aliphatic carbocycles. The molecule has 1 saturated heterocycles. The van der Waals surface area contributed by atoms with Gasteiger partial charge in [0.25, 0.3) is 0 Å². The largest absolute Gasteiger partial charge is 0.453 e. The van der Waals surface area contributed by atoms with Gasteiger partial charge in [-0.25, -0.2) is 9.59 Å². The molecular formula is C30H44N2O4. The summed E-state index contributed by atoms with van der Waals surface area (Å²) in [5.41, 5.74) is -0.119. The van der Waals surface area contributed by atoms with Crippen LogP contribution in [-0.2, 0) is 9.47 Å². The smallest absolute Gasteiger partial charge is 0.412 e. The van der Waals surface area contributed by atoms with E-state index in [2.05, 4.69) is 19.2 Å². The lowest BCUT2D eigenvalue weighted by atomic mass is 9.70. The maximum Gasteiger partial charge on any atom is 0.412 e. The summed E-state index contributed by atoms with van der Waals surface area (Å²) in [6.45, 7) is 13.2. The van der Waals surface area contributed by atoms with Gasteiger partial charge >= 0.3 is 12.2 Å². The summed E-state index contributed by atoms with van der Waals surface area (Å²) < 4.78 is 46.7. The summed E-state index contributed by atoms with van der Waals surface area (Å²) in [4.78, 5) is 27.1. The third-order valence-electron chi connectivity index (χ3n) is 7.49. The molecule has 0 aromatic heterocycles. The number of nitrogens with one attached hydrogen (secondary N) is 1. The number of methoxy groups -OCH3 is 1. The van der Waals surface area contributed by atoms with Crippen LogP contribution in [-0.4, -0.2) is 40.9 Å². The van der Waals surface area contributed by atoms with E-state index in [1.54, 1.807) is 33.8 Å². The number of ether oxygens (including phenoxy) is 2. The van der Waals surface area contributed by atoms with E-state index in [0.29, 0.717) is 30.5 Å². The minimum atomic E-state index is -1.26. The molecule has 2 bridgehead atoms. The summed E-state index contributed by atoms with van der Waals surface area (Å²) in [5, 5.41) is 2.84. The van der Waals surface area contributed by atoms with Crippen LogP contribution in [0.1, 0.15) is 116 Å². The first-order chi connectivity index (χ1) is 18.3. The predicted molar refractivity (Wildman–Crippen MR) is 144 cm³/mol. The third-order valence-corrected chi connectivity index (χ3v) is 7.49. The molecule has 1 N–H and O–H groups in total. The van der Waals surface area contributed by atoms with Gasteiger partial charge in [-0.15, -0.1) is 0 Å². The summed E-state index contributed by atoms with van der Waals surface area (Å²) in [6, 6.07) is 5.49. The lowest BCUT2D eigenvalue weighted by molar-refractivity contribution is 0.0550. The van der Waals surface area contributed by atoms with E-state index in [-0.39, 0.29) is 5.41 Å². The Hall–Kier alpha value is -2.50. The molecule has 1 aromatic carbocycles. The van der Waals surface area contributed by atoms with E-state index >= 15 is 0 Å². The van der Waals surface area contributed by atoms with Gasteiger partial charge in [-0.05, 0) is 120 Å². The number of rotatable bonds is 3. The molecule has 1 aromatic rings. The minimum Gasteiger partial charge on any atom is -0.453 e. The van der Waals surface area contributed by atoms with E-state index in [9.17, 15) is 11.0 Å². The van der Waals surface area contributed by atoms with Crippen LogP contribution in [0.5, 0.6) is 0 Å². The van der Waals surface area contributed by atoms with Crippen LogP contribution in [0.3, 0.4) is 0 Å². The van der Waals surface area contributed by atoms with Crippen molar-refractivity contribution >= 4 is 23.4 Å². The van der Waals surface area contributed by atoms with Crippen molar-refractivity contribution in [3.8, 4) is 0 Å². The molecule has 6 heteroatoms. The van der Waals surface area contributed by atoms with Crippen molar-refractivity contribution in [3.05, 3.63) is 35.4 Å². The normalized spacial score (nSPS) is 39.2. The van der Waals surface area contributed by atoms with Crippen molar-refractivity contribution in [2.24, 2.45) is 5.41 Å². The van der Waals surface area contributed by atoms with Gasteiger partial charge < -0.3 is 9.47 Å². The number of nitrogens with zero attached hydrogens (tertiary/aromatic N) is 1. The summed E-state index contributed by atoms with van der Waals surface area (Å²) in [6.07, 6.45) is 0.407. The molecular weight excluding hydrogens is 452 g/mol. The Bertz CT molecular complexity index is 1230. The zero-order valence-corrected chi connectivity index (χ0v) is 23.0. The van der Waals surface area contributed by atoms with Gasteiger partial charge in [0.15, 0.2) is 0 Å². The SMILES string of the molecule is [2H]C1CC(C)(C)CCC1([2H])c1cc(C2=CC3(C)C([2H])C([2H])C(C)(C2)N3C(=O)OC)ccc1NC(=O)OC(C)(C)C. The van der Waals surface area contributed by atoms with E-state index in [1.165, 1.54) is 12.0 Å². The number of fused-ring (bicyclic) bond motifs is 2. The van der Waals surface area contributed by atoms with Crippen LogP contribution in [0.4, 0.5) is 15.3 Å². The van der Waals surface area contributed by atoms with E-state index in [1.807, 2.05) is 25.1 Å². The molecule has 2 heterocycles. The van der Waals surface area contributed by atoms with Gasteiger partial charge in [0.1, 0.15) is 5.60 Å². The highest BCUT2D eigenvalue weighted by molar-refractivity contribution is 5.87. The predicted octanol–water partition coefficient (Wildman–Crippen LogP) is 7.88. The summed E-state index contributed by atoms with van der Waals surface area (Å²) in [5.74, 6) is -1.26. The second-order valence-electron chi connectivity index (χ2n) is 12.6. The second-order valence-corrected chi connectivity index (χ2v) is 12.6. The highest BCUT2D eigenvalue weighted by atomic mass is 16.6. The van der Waals surface area contributed by atoms with Crippen LogP contribution in [0, 0.1) is 5.41 Å². The monoisotopic (exact) mass is 500 g/mol. The Morgan fingerprint density at radius 2 is 1.89 bits per heavy atom. The number of benzene rings is 1. The average molecular weight is 501 g/mol. The number of carbonyl (C=O) groups excluding carboxylic acids is 2. The lowest BCUT2D eigenvalue weighted by Crippen LogP contribution is -2.56. The van der Waals surface area contributed by atoms with Gasteiger partial charge in [0.2, 0.25) is 0 Å². The van der Waals surface area contributed by atoms with Crippen LogP contribution in [0.15, 0.2) is 24.3 Å². The van der Waals surface area contributed by atoms with Crippen molar-refractivity contribution < 1.29 is 24.5 Å². The molecule has 0 radical (unpaired) electrons. The van der Waals surface area contributed by atoms with Crippen LogP contribution in [0.25, 0.3) is 5.57 Å². The maximum atomic E-state index is 12.8. The van der Waals surface area contributed by atoms with Crippen molar-refractivity contribution in [1.29, 1.82) is 0 Å². The van der Waals surface area contributed by atoms with E-state index in [4.69, 9.17) is 13.6 Å². The zero-order valence-electron chi connectivity index (χ0n) is 27.0. The number of carbonyl (C=O) groups is 2. The number of hydrogen-bond donors (Lipinski definition) is 1. The summed E-state index contributed by atoms with van der Waals surface area (Å²) >= 11 is 0. The first kappa shape index (κ1) is 21.6. The first-order valence-electron chi connectivity index (χ1n) is 15.0. The fraction of sp³-hybridized carbons (Fsp3) is 0.667. The maximum absolute atomic E-state index is 12.8. The fourth-order valence-electron chi connectivity index (χ4n) is 5.62. The number of amides is 2. The Morgan fingerprint density at radius 1 is 1.17 bits per heavy atom. The number of anilines is 1. The Labute approximate surface area is 222 Å². The van der Waals surface area contributed by atoms with E-state index < -0.39 is 53.9 Å².